The Morgan fingerprint density at radius 3 is 2.85 bits per heavy atom. The third-order valence-corrected chi connectivity index (χ3v) is 5.61. The molecule has 0 atom stereocenters. The van der Waals surface area contributed by atoms with Gasteiger partial charge in [0.2, 0.25) is 0 Å². The van der Waals surface area contributed by atoms with Gasteiger partial charge in [0, 0.05) is 25.1 Å². The zero-order chi connectivity index (χ0) is 18.1. The van der Waals surface area contributed by atoms with Crippen LogP contribution in [0.4, 0.5) is 5.82 Å². The number of carbonyl (C=O) groups is 1. The highest BCUT2D eigenvalue weighted by Crippen LogP contribution is 2.29. The third-order valence-electron chi connectivity index (χ3n) is 3.99. The van der Waals surface area contributed by atoms with Gasteiger partial charge >= 0.3 is 0 Å². The second-order valence-electron chi connectivity index (χ2n) is 5.56. The van der Waals surface area contributed by atoms with Gasteiger partial charge in [0.1, 0.15) is 12.1 Å². The number of hydrogen-bond acceptors (Lipinski definition) is 7. The number of aldehydes is 1. The van der Waals surface area contributed by atoms with Crippen LogP contribution in [0.25, 0.3) is 27.5 Å². The Labute approximate surface area is 158 Å². The fourth-order valence-electron chi connectivity index (χ4n) is 2.61. The lowest BCUT2D eigenvalue weighted by Gasteiger charge is -2.15. The Kier molecular flexibility index (Phi) is 4.44. The van der Waals surface area contributed by atoms with E-state index < -0.39 is 0 Å². The van der Waals surface area contributed by atoms with Crippen LogP contribution in [-0.4, -0.2) is 39.2 Å². The first-order valence-corrected chi connectivity index (χ1v) is 9.89. The van der Waals surface area contributed by atoms with Crippen molar-refractivity contribution in [3.05, 3.63) is 53.7 Å². The van der Waals surface area contributed by atoms with Gasteiger partial charge in [-0.2, -0.15) is 5.10 Å². The lowest BCUT2D eigenvalue weighted by atomic mass is 10.1. The minimum Gasteiger partial charge on any atom is -0.304 e. The molecular weight excluding hydrogens is 366 g/mol. The number of fused-ring (bicyclic) bond motifs is 1. The van der Waals surface area contributed by atoms with E-state index in [2.05, 4.69) is 5.10 Å². The third kappa shape index (κ3) is 2.97. The molecule has 130 valence electrons. The van der Waals surface area contributed by atoms with Gasteiger partial charge in [0.05, 0.1) is 28.0 Å². The molecule has 0 saturated heterocycles. The maximum atomic E-state index is 11.4. The van der Waals surface area contributed by atoms with Crippen molar-refractivity contribution in [1.82, 2.24) is 19.6 Å². The van der Waals surface area contributed by atoms with E-state index in [4.69, 9.17) is 9.97 Å². The van der Waals surface area contributed by atoms with Crippen molar-refractivity contribution in [2.24, 2.45) is 0 Å². The maximum Gasteiger partial charge on any atom is 0.165 e. The standard InChI is InChI=1S/C18H15N5OS2/c1-22(25-2)17-9-12(11-24)8-15(20-17)13-10-19-23-6-5-14(21-18(13)23)16-4-3-7-26-16/h3-11H,1-2H3. The molecule has 0 aromatic carbocycles. The Balaban J connectivity index is 1.88. The first-order valence-electron chi connectivity index (χ1n) is 7.83. The highest BCUT2D eigenvalue weighted by atomic mass is 32.2. The molecule has 0 N–H and O–H groups in total. The van der Waals surface area contributed by atoms with Gasteiger partial charge in [-0.15, -0.1) is 11.3 Å². The predicted molar refractivity (Wildman–Crippen MR) is 107 cm³/mol. The van der Waals surface area contributed by atoms with E-state index in [-0.39, 0.29) is 0 Å². The number of rotatable bonds is 5. The average molecular weight is 381 g/mol. The fraction of sp³-hybridized carbons (Fsp3) is 0.111. The summed E-state index contributed by atoms with van der Waals surface area (Å²) >= 11 is 3.17. The van der Waals surface area contributed by atoms with Gasteiger partial charge in [-0.3, -0.25) is 4.79 Å². The van der Waals surface area contributed by atoms with E-state index in [0.717, 1.165) is 22.4 Å². The Morgan fingerprint density at radius 1 is 1.23 bits per heavy atom. The summed E-state index contributed by atoms with van der Waals surface area (Å²) in [6, 6.07) is 9.52. The van der Waals surface area contributed by atoms with E-state index in [0.29, 0.717) is 22.7 Å². The molecular formula is C18H15N5OS2. The molecule has 4 aromatic rings. The molecule has 4 aromatic heterocycles. The van der Waals surface area contributed by atoms with Gasteiger partial charge in [0.15, 0.2) is 5.65 Å². The molecule has 0 fully saturated rings. The molecule has 0 aliphatic carbocycles. The van der Waals surface area contributed by atoms with Crippen molar-refractivity contribution in [1.29, 1.82) is 0 Å². The van der Waals surface area contributed by atoms with Crippen molar-refractivity contribution in [3.63, 3.8) is 0 Å². The Bertz CT molecular complexity index is 1070. The first-order chi connectivity index (χ1) is 12.7. The van der Waals surface area contributed by atoms with Crippen LogP contribution in [0.5, 0.6) is 0 Å². The number of hydrogen-bond donors (Lipinski definition) is 0. The normalized spacial score (nSPS) is 11.0. The van der Waals surface area contributed by atoms with Gasteiger partial charge < -0.3 is 4.31 Å². The number of aromatic nitrogens is 4. The second kappa shape index (κ2) is 6.89. The van der Waals surface area contributed by atoms with Crippen molar-refractivity contribution in [2.75, 3.05) is 17.6 Å². The summed E-state index contributed by atoms with van der Waals surface area (Å²) in [5, 5.41) is 6.40. The fourth-order valence-corrected chi connectivity index (χ4v) is 3.58. The molecule has 0 unspecified atom stereocenters. The summed E-state index contributed by atoms with van der Waals surface area (Å²) in [5.41, 5.74) is 3.64. The average Bonchev–Trinajstić information content (AvgIpc) is 3.36. The number of carbonyl (C=O) groups excluding carboxylic acids is 1. The lowest BCUT2D eigenvalue weighted by molar-refractivity contribution is 0.112. The SMILES string of the molecule is CSN(C)c1cc(C=O)cc(-c2cnn3ccc(-c4cccs4)nc23)n1. The molecule has 0 aliphatic heterocycles. The molecule has 0 amide bonds. The van der Waals surface area contributed by atoms with Crippen LogP contribution in [0.2, 0.25) is 0 Å². The van der Waals surface area contributed by atoms with Crippen molar-refractivity contribution < 1.29 is 4.79 Å². The molecule has 0 aliphatic rings. The van der Waals surface area contributed by atoms with Crippen LogP contribution >= 0.6 is 23.3 Å². The lowest BCUT2D eigenvalue weighted by Crippen LogP contribution is -2.08. The highest BCUT2D eigenvalue weighted by Gasteiger charge is 2.14. The van der Waals surface area contributed by atoms with E-state index in [1.54, 1.807) is 34.2 Å². The molecule has 0 bridgehead atoms. The van der Waals surface area contributed by atoms with Crippen LogP contribution in [0.3, 0.4) is 0 Å². The number of thiophene rings is 1. The Hall–Kier alpha value is -2.71. The summed E-state index contributed by atoms with van der Waals surface area (Å²) in [7, 11) is 1.91. The number of anilines is 1. The van der Waals surface area contributed by atoms with Crippen molar-refractivity contribution >= 4 is 41.0 Å². The molecule has 4 heterocycles. The van der Waals surface area contributed by atoms with Gasteiger partial charge in [-0.1, -0.05) is 18.0 Å². The molecule has 0 radical (unpaired) electrons. The topological polar surface area (TPSA) is 63.4 Å². The number of pyridine rings is 1. The summed E-state index contributed by atoms with van der Waals surface area (Å²) in [4.78, 5) is 21.9. The van der Waals surface area contributed by atoms with Crippen LogP contribution < -0.4 is 4.31 Å². The summed E-state index contributed by atoms with van der Waals surface area (Å²) in [6.45, 7) is 0. The minimum atomic E-state index is 0.569. The van der Waals surface area contributed by atoms with E-state index in [1.165, 1.54) is 11.9 Å². The summed E-state index contributed by atoms with van der Waals surface area (Å²) in [6.07, 6.45) is 6.41. The number of nitrogens with zero attached hydrogens (tertiary/aromatic N) is 5. The summed E-state index contributed by atoms with van der Waals surface area (Å²) < 4.78 is 3.63. The van der Waals surface area contributed by atoms with E-state index in [9.17, 15) is 4.79 Å². The second-order valence-corrected chi connectivity index (χ2v) is 7.42. The monoisotopic (exact) mass is 381 g/mol. The maximum absolute atomic E-state index is 11.4. The highest BCUT2D eigenvalue weighted by molar-refractivity contribution is 7.99. The van der Waals surface area contributed by atoms with Gasteiger partial charge in [-0.05, 0) is 29.6 Å². The molecule has 8 heteroatoms. The molecule has 0 spiro atoms. The Morgan fingerprint density at radius 2 is 2.12 bits per heavy atom. The van der Waals surface area contributed by atoms with Crippen LogP contribution in [-0.2, 0) is 0 Å². The first kappa shape index (κ1) is 16.7. The van der Waals surface area contributed by atoms with E-state index >= 15 is 0 Å². The van der Waals surface area contributed by atoms with Crippen molar-refractivity contribution in [2.45, 2.75) is 0 Å². The minimum absolute atomic E-state index is 0.569. The van der Waals surface area contributed by atoms with Gasteiger partial charge in [-0.25, -0.2) is 14.5 Å². The van der Waals surface area contributed by atoms with Crippen molar-refractivity contribution in [3.8, 4) is 21.8 Å². The molecule has 26 heavy (non-hydrogen) atoms. The molecule has 6 nitrogen and oxygen atoms in total. The van der Waals surface area contributed by atoms with Crippen LogP contribution in [0.1, 0.15) is 10.4 Å². The molecule has 0 saturated carbocycles. The molecule has 4 rings (SSSR count). The largest absolute Gasteiger partial charge is 0.304 e. The van der Waals surface area contributed by atoms with Crippen LogP contribution in [0, 0.1) is 0 Å². The smallest absolute Gasteiger partial charge is 0.165 e. The predicted octanol–water partition coefficient (Wildman–Crippen LogP) is 4.05. The van der Waals surface area contributed by atoms with Crippen LogP contribution in [0.15, 0.2) is 48.1 Å². The zero-order valence-corrected chi connectivity index (χ0v) is 15.8. The summed E-state index contributed by atoms with van der Waals surface area (Å²) in [5.74, 6) is 0.714. The van der Waals surface area contributed by atoms with Gasteiger partial charge in [0.25, 0.3) is 0 Å². The van der Waals surface area contributed by atoms with E-state index in [1.807, 2.05) is 47.4 Å². The zero-order valence-electron chi connectivity index (χ0n) is 14.2. The quantitative estimate of drug-likeness (QED) is 0.384.